The topological polar surface area (TPSA) is 114 Å². The fourth-order valence-corrected chi connectivity index (χ4v) is 7.79. The van der Waals surface area contributed by atoms with Gasteiger partial charge in [0.25, 0.3) is 0 Å². The van der Waals surface area contributed by atoms with Gasteiger partial charge in [-0.1, -0.05) is 33.1 Å². The van der Waals surface area contributed by atoms with Gasteiger partial charge in [0.15, 0.2) is 11.8 Å². The Hall–Kier alpha value is -2.04. The van der Waals surface area contributed by atoms with E-state index in [4.69, 9.17) is 14.5 Å². The van der Waals surface area contributed by atoms with Crippen LogP contribution in [0.4, 0.5) is 0 Å². The molecule has 212 valence electrons. The van der Waals surface area contributed by atoms with E-state index in [9.17, 15) is 19.2 Å². The van der Waals surface area contributed by atoms with Gasteiger partial charge in [0.2, 0.25) is 23.5 Å². The molecule has 1 spiro atoms. The van der Waals surface area contributed by atoms with Crippen molar-refractivity contribution in [1.82, 2.24) is 15.1 Å². The number of likely N-dealkylation sites (tertiary alicyclic amines) is 1. The monoisotopic (exact) mass is 533 g/mol. The van der Waals surface area contributed by atoms with Crippen molar-refractivity contribution in [3.8, 4) is 0 Å². The van der Waals surface area contributed by atoms with Crippen LogP contribution in [0.1, 0.15) is 85.0 Å². The van der Waals surface area contributed by atoms with Crippen LogP contribution in [-0.2, 0) is 33.7 Å². The Kier molecular flexibility index (Phi) is 7.86. The number of piperidine rings is 1. The maximum atomic E-state index is 13.7. The first-order valence-corrected chi connectivity index (χ1v) is 14.5. The summed E-state index contributed by atoms with van der Waals surface area (Å²) in [4.78, 5) is 66.0. The maximum absolute atomic E-state index is 13.7. The van der Waals surface area contributed by atoms with Crippen LogP contribution in [0.5, 0.6) is 0 Å². The van der Waals surface area contributed by atoms with Gasteiger partial charge in [0, 0.05) is 37.3 Å². The Morgan fingerprint density at radius 3 is 2.58 bits per heavy atom. The first kappa shape index (κ1) is 27.5. The van der Waals surface area contributed by atoms with Gasteiger partial charge in [0.1, 0.15) is 6.29 Å². The standard InChI is InChI=1S/C28H43N3O7/c1-18-9-10-22-19(2)25(35)31(26-28(22)21(18)11-13-27(3,36-26)37-38-28)14-12-24(34)30(15-16-32)17-23(33)29-20-7-5-4-6-8-20/h16,18-22,26H,4-15,17H2,1-3H3,(H,29,33)/t18-,19+,21?,22?,26?,27?,28+/m0/s1. The summed E-state index contributed by atoms with van der Waals surface area (Å²) in [6, 6.07) is 0.126. The van der Waals surface area contributed by atoms with Crippen LogP contribution >= 0.6 is 0 Å². The predicted octanol–water partition coefficient (Wildman–Crippen LogP) is 2.55. The molecule has 38 heavy (non-hydrogen) atoms. The molecule has 4 unspecified atom stereocenters. The number of hydrogen-bond donors (Lipinski definition) is 1. The van der Waals surface area contributed by atoms with Crippen LogP contribution in [0, 0.1) is 23.7 Å². The molecule has 10 nitrogen and oxygen atoms in total. The fourth-order valence-electron chi connectivity index (χ4n) is 7.79. The van der Waals surface area contributed by atoms with Crippen molar-refractivity contribution < 1.29 is 33.7 Å². The molecule has 1 N–H and O–H groups in total. The predicted molar refractivity (Wildman–Crippen MR) is 136 cm³/mol. The van der Waals surface area contributed by atoms with Crippen molar-refractivity contribution >= 4 is 24.0 Å². The van der Waals surface area contributed by atoms with Gasteiger partial charge in [0.05, 0.1) is 13.1 Å². The highest BCUT2D eigenvalue weighted by atomic mass is 17.3. The van der Waals surface area contributed by atoms with Crippen LogP contribution in [0.25, 0.3) is 0 Å². The van der Waals surface area contributed by atoms with Gasteiger partial charge in [-0.05, 0) is 50.9 Å². The van der Waals surface area contributed by atoms with E-state index < -0.39 is 17.6 Å². The molecule has 10 heteroatoms. The van der Waals surface area contributed by atoms with Crippen molar-refractivity contribution in [2.24, 2.45) is 23.7 Å². The summed E-state index contributed by atoms with van der Waals surface area (Å²) in [6.07, 6.45) is 8.67. The number of hydrogen-bond acceptors (Lipinski definition) is 7. The Morgan fingerprint density at radius 1 is 1.08 bits per heavy atom. The third-order valence-corrected chi connectivity index (χ3v) is 9.88. The normalized spacial score (nSPS) is 38.8. The van der Waals surface area contributed by atoms with Crippen LogP contribution in [0.15, 0.2) is 0 Å². The van der Waals surface area contributed by atoms with Gasteiger partial charge >= 0.3 is 0 Å². The van der Waals surface area contributed by atoms with E-state index in [0.717, 1.165) is 44.9 Å². The van der Waals surface area contributed by atoms with E-state index in [1.54, 1.807) is 4.90 Å². The van der Waals surface area contributed by atoms with Crippen LogP contribution in [-0.4, -0.2) is 77.1 Å². The zero-order valence-corrected chi connectivity index (χ0v) is 23.0. The molecule has 2 bridgehead atoms. The Labute approximate surface area is 225 Å². The van der Waals surface area contributed by atoms with E-state index in [-0.39, 0.29) is 67.6 Å². The van der Waals surface area contributed by atoms with Gasteiger partial charge in [-0.3, -0.25) is 14.4 Å². The minimum absolute atomic E-state index is 0.0125. The molecule has 7 atom stereocenters. The minimum atomic E-state index is -0.957. The number of fused-ring (bicyclic) bond motifs is 2. The third kappa shape index (κ3) is 4.88. The minimum Gasteiger partial charge on any atom is -0.352 e. The van der Waals surface area contributed by atoms with Crippen molar-refractivity contribution in [3.05, 3.63) is 0 Å². The number of carbonyl (C=O) groups excluding carboxylic acids is 4. The Balaban J connectivity index is 1.30. The summed E-state index contributed by atoms with van der Waals surface area (Å²) >= 11 is 0. The largest absolute Gasteiger partial charge is 0.352 e. The molecule has 6 aliphatic rings. The van der Waals surface area contributed by atoms with Crippen LogP contribution in [0.2, 0.25) is 0 Å². The van der Waals surface area contributed by atoms with Crippen LogP contribution in [0.3, 0.4) is 0 Å². The second-order valence-electron chi connectivity index (χ2n) is 12.3. The lowest BCUT2D eigenvalue weighted by molar-refractivity contribution is -0.547. The van der Waals surface area contributed by atoms with Crippen molar-refractivity contribution in [2.45, 2.75) is 109 Å². The summed E-state index contributed by atoms with van der Waals surface area (Å²) in [7, 11) is 0. The molecular formula is C28H43N3O7. The first-order chi connectivity index (χ1) is 18.2. The quantitative estimate of drug-likeness (QED) is 0.377. The molecule has 4 heterocycles. The van der Waals surface area contributed by atoms with Gasteiger partial charge in [-0.2, -0.15) is 0 Å². The second-order valence-corrected chi connectivity index (χ2v) is 12.3. The molecule has 2 aliphatic carbocycles. The van der Waals surface area contributed by atoms with Gasteiger partial charge < -0.3 is 24.6 Å². The molecule has 6 fully saturated rings. The number of rotatable bonds is 8. The summed E-state index contributed by atoms with van der Waals surface area (Å²) in [6.45, 7) is 5.82. The highest BCUT2D eigenvalue weighted by Crippen LogP contribution is 2.60. The summed E-state index contributed by atoms with van der Waals surface area (Å²) < 4.78 is 6.51. The highest BCUT2D eigenvalue weighted by Gasteiger charge is 2.70. The smallest absolute Gasteiger partial charge is 0.239 e. The number of carbonyl (C=O) groups is 4. The Bertz CT molecular complexity index is 939. The second kappa shape index (κ2) is 10.8. The van der Waals surface area contributed by atoms with Gasteiger partial charge in [-0.25, -0.2) is 9.78 Å². The summed E-state index contributed by atoms with van der Waals surface area (Å²) in [5.74, 6) is -1.34. The number of amides is 3. The SMILES string of the molecule is C[C@H]1CCC2[C@@H](C)C(=O)N(CCC(=O)N(CC=O)CC(=O)NC3CCCCC3)C3OC4(C)CCC1[C@@]23OO4. The van der Waals surface area contributed by atoms with E-state index in [1.807, 2.05) is 13.8 Å². The average molecular weight is 534 g/mol. The van der Waals surface area contributed by atoms with E-state index in [0.29, 0.717) is 18.6 Å². The molecule has 0 aromatic rings. The third-order valence-electron chi connectivity index (χ3n) is 9.88. The molecular weight excluding hydrogens is 490 g/mol. The highest BCUT2D eigenvalue weighted by molar-refractivity contribution is 5.87. The number of nitrogens with zero attached hydrogens (tertiary/aromatic N) is 2. The lowest BCUT2D eigenvalue weighted by Crippen LogP contribution is -2.75. The van der Waals surface area contributed by atoms with Crippen molar-refractivity contribution in [1.29, 1.82) is 0 Å². The lowest BCUT2D eigenvalue weighted by Gasteiger charge is -2.61. The molecule has 3 amide bonds. The lowest BCUT2D eigenvalue weighted by atomic mass is 9.57. The average Bonchev–Trinajstić information content (AvgIpc) is 3.13. The zero-order chi connectivity index (χ0) is 27.1. The van der Waals surface area contributed by atoms with Crippen LogP contribution < -0.4 is 5.32 Å². The van der Waals surface area contributed by atoms with Crippen molar-refractivity contribution in [2.75, 3.05) is 19.6 Å². The molecule has 2 saturated carbocycles. The Morgan fingerprint density at radius 2 is 1.84 bits per heavy atom. The van der Waals surface area contributed by atoms with Crippen molar-refractivity contribution in [3.63, 3.8) is 0 Å². The van der Waals surface area contributed by atoms with E-state index >= 15 is 0 Å². The molecule has 0 aromatic carbocycles. The molecule has 6 rings (SSSR count). The summed E-state index contributed by atoms with van der Waals surface area (Å²) in [5, 5.41) is 3.01. The number of nitrogens with one attached hydrogen (secondary N) is 1. The zero-order valence-electron chi connectivity index (χ0n) is 23.0. The fraction of sp³-hybridized carbons (Fsp3) is 0.857. The molecule has 4 saturated heterocycles. The first-order valence-electron chi connectivity index (χ1n) is 14.5. The van der Waals surface area contributed by atoms with Gasteiger partial charge in [-0.15, -0.1) is 0 Å². The van der Waals surface area contributed by atoms with E-state index in [1.165, 1.54) is 11.3 Å². The summed E-state index contributed by atoms with van der Waals surface area (Å²) in [5.41, 5.74) is -0.771. The number of ether oxygens (including phenoxy) is 1. The number of aldehydes is 1. The molecule has 0 aromatic heterocycles. The van der Waals surface area contributed by atoms with E-state index in [2.05, 4.69) is 12.2 Å². The molecule has 4 aliphatic heterocycles. The molecule has 0 radical (unpaired) electrons. The maximum Gasteiger partial charge on any atom is 0.239 e.